The molecule has 1 unspecified atom stereocenters. The second-order valence-corrected chi connectivity index (χ2v) is 2.98. The van der Waals surface area contributed by atoms with E-state index in [0.29, 0.717) is 5.56 Å². The van der Waals surface area contributed by atoms with Gasteiger partial charge < -0.3 is 4.74 Å². The summed E-state index contributed by atoms with van der Waals surface area (Å²) in [4.78, 5) is 3.71. The van der Waals surface area contributed by atoms with E-state index in [4.69, 9.17) is 0 Å². The Morgan fingerprint density at radius 3 is 2.60 bits per heavy atom. The minimum atomic E-state index is -4.66. The molecule has 0 aliphatic rings. The van der Waals surface area contributed by atoms with Crippen molar-refractivity contribution in [3.63, 3.8) is 0 Å². The predicted molar refractivity (Wildman–Crippen MR) is 51.1 cm³/mol. The highest BCUT2D eigenvalue weighted by Gasteiger charge is 2.31. The molecule has 0 bridgehead atoms. The first-order chi connectivity index (χ1) is 6.92. The molecule has 0 amide bonds. The monoisotopic (exact) mass is 217 g/mol. The second-order valence-electron chi connectivity index (χ2n) is 2.98. The van der Waals surface area contributed by atoms with E-state index in [-0.39, 0.29) is 11.8 Å². The largest absolute Gasteiger partial charge is 0.573 e. The summed E-state index contributed by atoms with van der Waals surface area (Å²) in [5.41, 5.74) is 0.631. The summed E-state index contributed by atoms with van der Waals surface area (Å²) in [6, 6.07) is 5.45. The lowest BCUT2D eigenvalue weighted by Crippen LogP contribution is -2.17. The van der Waals surface area contributed by atoms with Crippen molar-refractivity contribution >= 4 is 6.72 Å². The minimum Gasteiger partial charge on any atom is -0.406 e. The van der Waals surface area contributed by atoms with Crippen LogP contribution in [0, 0.1) is 0 Å². The minimum absolute atomic E-state index is 0.240. The van der Waals surface area contributed by atoms with Gasteiger partial charge in [-0.15, -0.1) is 13.2 Å². The molecule has 15 heavy (non-hydrogen) atoms. The van der Waals surface area contributed by atoms with Crippen molar-refractivity contribution in [1.82, 2.24) is 0 Å². The number of ether oxygens (including phenoxy) is 1. The van der Waals surface area contributed by atoms with Gasteiger partial charge in [-0.25, -0.2) is 0 Å². The zero-order valence-electron chi connectivity index (χ0n) is 8.08. The molecule has 1 atom stereocenters. The van der Waals surface area contributed by atoms with Gasteiger partial charge in [0, 0.05) is 0 Å². The van der Waals surface area contributed by atoms with Crippen LogP contribution >= 0.6 is 0 Å². The maximum absolute atomic E-state index is 11.9. The van der Waals surface area contributed by atoms with Crippen molar-refractivity contribution in [2.45, 2.75) is 19.3 Å². The smallest absolute Gasteiger partial charge is 0.406 e. The van der Waals surface area contributed by atoms with E-state index in [9.17, 15) is 13.2 Å². The third-order valence-electron chi connectivity index (χ3n) is 1.85. The number of nitrogens with zero attached hydrogens (tertiary/aromatic N) is 1. The second kappa shape index (κ2) is 4.33. The van der Waals surface area contributed by atoms with E-state index < -0.39 is 6.36 Å². The van der Waals surface area contributed by atoms with E-state index in [1.54, 1.807) is 13.0 Å². The zero-order chi connectivity index (χ0) is 11.5. The Hall–Kier alpha value is -1.52. The highest BCUT2D eigenvalue weighted by atomic mass is 19.4. The number of alkyl halides is 3. The molecule has 1 rings (SSSR count). The van der Waals surface area contributed by atoms with E-state index >= 15 is 0 Å². The molecule has 0 saturated carbocycles. The van der Waals surface area contributed by atoms with Crippen LogP contribution in [0.25, 0.3) is 0 Å². The van der Waals surface area contributed by atoms with Gasteiger partial charge in [0.2, 0.25) is 0 Å². The van der Waals surface area contributed by atoms with E-state index in [1.807, 2.05) is 0 Å². The van der Waals surface area contributed by atoms with Gasteiger partial charge in [-0.05, 0) is 31.3 Å². The Morgan fingerprint density at radius 1 is 1.40 bits per heavy atom. The molecule has 0 heterocycles. The third-order valence-corrected chi connectivity index (χ3v) is 1.85. The summed E-state index contributed by atoms with van der Waals surface area (Å²) < 4.78 is 39.5. The SMILES string of the molecule is C=NC(C)c1cccc(OC(F)(F)F)c1. The molecule has 0 aromatic heterocycles. The maximum Gasteiger partial charge on any atom is 0.573 e. The van der Waals surface area contributed by atoms with Gasteiger partial charge in [0.1, 0.15) is 5.75 Å². The van der Waals surface area contributed by atoms with Gasteiger partial charge in [-0.2, -0.15) is 0 Å². The van der Waals surface area contributed by atoms with Gasteiger partial charge >= 0.3 is 6.36 Å². The molecule has 0 aliphatic carbocycles. The van der Waals surface area contributed by atoms with E-state index in [0.717, 1.165) is 0 Å². The fourth-order valence-corrected chi connectivity index (χ4v) is 1.08. The summed E-state index contributed by atoms with van der Waals surface area (Å²) in [6.45, 7) is 5.06. The van der Waals surface area contributed by atoms with Crippen molar-refractivity contribution in [1.29, 1.82) is 0 Å². The summed E-state index contributed by atoms with van der Waals surface area (Å²) in [5.74, 6) is -0.240. The van der Waals surface area contributed by atoms with Gasteiger partial charge in [-0.1, -0.05) is 12.1 Å². The molecule has 0 radical (unpaired) electrons. The molecule has 82 valence electrons. The quantitative estimate of drug-likeness (QED) is 0.711. The van der Waals surface area contributed by atoms with Crippen LogP contribution in [0.2, 0.25) is 0 Å². The number of benzene rings is 1. The van der Waals surface area contributed by atoms with Crippen LogP contribution in [0.15, 0.2) is 29.3 Å². The highest BCUT2D eigenvalue weighted by molar-refractivity contribution is 5.33. The first-order valence-electron chi connectivity index (χ1n) is 4.24. The van der Waals surface area contributed by atoms with Crippen LogP contribution in [-0.4, -0.2) is 13.1 Å². The molecule has 1 aromatic carbocycles. The molecular formula is C10H10F3NO. The zero-order valence-corrected chi connectivity index (χ0v) is 8.08. The van der Waals surface area contributed by atoms with Crippen molar-refractivity contribution < 1.29 is 17.9 Å². The van der Waals surface area contributed by atoms with Crippen molar-refractivity contribution in [2.75, 3.05) is 0 Å². The van der Waals surface area contributed by atoms with Crippen LogP contribution in [0.1, 0.15) is 18.5 Å². The number of rotatable bonds is 3. The summed E-state index contributed by atoms with van der Waals surface area (Å²) in [5, 5.41) is 0. The normalized spacial score (nSPS) is 13.3. The van der Waals surface area contributed by atoms with E-state index in [1.165, 1.54) is 18.2 Å². The fourth-order valence-electron chi connectivity index (χ4n) is 1.08. The number of hydrogen-bond donors (Lipinski definition) is 0. The molecule has 0 fully saturated rings. The first-order valence-corrected chi connectivity index (χ1v) is 4.24. The summed E-state index contributed by atoms with van der Waals surface area (Å²) >= 11 is 0. The average molecular weight is 217 g/mol. The molecule has 0 saturated heterocycles. The lowest BCUT2D eigenvalue weighted by atomic mass is 10.1. The Kier molecular flexibility index (Phi) is 3.34. The molecule has 0 aliphatic heterocycles. The van der Waals surface area contributed by atoms with E-state index in [2.05, 4.69) is 16.4 Å². The Morgan fingerprint density at radius 2 is 2.07 bits per heavy atom. The van der Waals surface area contributed by atoms with Gasteiger partial charge in [0.05, 0.1) is 6.04 Å². The van der Waals surface area contributed by atoms with Crippen LogP contribution in [0.3, 0.4) is 0 Å². The van der Waals surface area contributed by atoms with Gasteiger partial charge in [0.25, 0.3) is 0 Å². The van der Waals surface area contributed by atoms with Crippen molar-refractivity contribution in [3.05, 3.63) is 29.8 Å². The molecule has 5 heteroatoms. The first kappa shape index (κ1) is 11.6. The number of halogens is 3. The maximum atomic E-state index is 11.9. The topological polar surface area (TPSA) is 21.6 Å². The predicted octanol–water partition coefficient (Wildman–Crippen LogP) is 3.35. The summed E-state index contributed by atoms with van der Waals surface area (Å²) in [6.07, 6.45) is -4.66. The third kappa shape index (κ3) is 3.61. The lowest BCUT2D eigenvalue weighted by molar-refractivity contribution is -0.274. The Balaban J connectivity index is 2.88. The van der Waals surface area contributed by atoms with Crippen LogP contribution in [-0.2, 0) is 0 Å². The Bertz CT molecular complexity index is 349. The highest BCUT2D eigenvalue weighted by Crippen LogP contribution is 2.26. The van der Waals surface area contributed by atoms with Crippen LogP contribution in [0.4, 0.5) is 13.2 Å². The molecule has 1 aromatic rings. The molecular weight excluding hydrogens is 207 g/mol. The number of hydrogen-bond acceptors (Lipinski definition) is 2. The van der Waals surface area contributed by atoms with Gasteiger partial charge in [-0.3, -0.25) is 4.99 Å². The van der Waals surface area contributed by atoms with Crippen molar-refractivity contribution in [2.24, 2.45) is 4.99 Å². The Labute approximate surface area is 85.4 Å². The number of aliphatic imine (C=N–C) groups is 1. The van der Waals surface area contributed by atoms with Gasteiger partial charge in [0.15, 0.2) is 0 Å². The van der Waals surface area contributed by atoms with Crippen LogP contribution in [0.5, 0.6) is 5.75 Å². The fraction of sp³-hybridized carbons (Fsp3) is 0.300. The average Bonchev–Trinajstić information content (AvgIpc) is 2.14. The lowest BCUT2D eigenvalue weighted by Gasteiger charge is -2.11. The molecule has 0 spiro atoms. The standard InChI is InChI=1S/C10H10F3NO/c1-7(14-2)8-4-3-5-9(6-8)15-10(11,12)13/h3-7H,2H2,1H3. The van der Waals surface area contributed by atoms with Crippen LogP contribution < -0.4 is 4.74 Å². The molecule has 0 N–H and O–H groups in total. The molecule has 2 nitrogen and oxygen atoms in total. The van der Waals surface area contributed by atoms with Crippen molar-refractivity contribution in [3.8, 4) is 5.75 Å². The summed E-state index contributed by atoms with van der Waals surface area (Å²) in [7, 11) is 0.